The average Bonchev–Trinajstić information content (AvgIpc) is 2.20. The summed E-state index contributed by atoms with van der Waals surface area (Å²) in [4.78, 5) is 0. The molecule has 0 amide bonds. The number of aryl methyl sites for hydroxylation is 1. The summed E-state index contributed by atoms with van der Waals surface area (Å²) in [5.41, 5.74) is 1.39. The summed E-state index contributed by atoms with van der Waals surface area (Å²) in [6.07, 6.45) is 5.60. The van der Waals surface area contributed by atoms with E-state index in [1.807, 2.05) is 0 Å². The molecule has 0 nitrogen and oxygen atoms in total. The van der Waals surface area contributed by atoms with E-state index in [2.05, 4.69) is 37.3 Å². The molecule has 1 aromatic carbocycles. The second-order valence-corrected chi connectivity index (χ2v) is 2.76. The first-order valence-corrected chi connectivity index (χ1v) is 3.63. The van der Waals surface area contributed by atoms with Crippen molar-refractivity contribution in [3.63, 3.8) is 0 Å². The molecular weight excluding hydrogens is 120 g/mol. The van der Waals surface area contributed by atoms with Crippen LogP contribution in [-0.2, 0) is 0 Å². The molecule has 10 heavy (non-hydrogen) atoms. The van der Waals surface area contributed by atoms with Crippen LogP contribution in [0, 0.1) is 6.92 Å². The molecule has 0 radical (unpaired) electrons. The summed E-state index contributed by atoms with van der Waals surface area (Å²) in [7, 11) is 0. The fraction of sp³-hybridized carbons (Fsp3) is 0.200. The molecule has 0 heterocycles. The van der Waals surface area contributed by atoms with Gasteiger partial charge in [-0.1, -0.05) is 30.4 Å². The van der Waals surface area contributed by atoms with Crippen LogP contribution >= 0.6 is 0 Å². The Morgan fingerprint density at radius 3 is 2.90 bits per heavy atom. The van der Waals surface area contributed by atoms with E-state index in [-0.39, 0.29) is 0 Å². The van der Waals surface area contributed by atoms with Gasteiger partial charge in [-0.15, -0.1) is 0 Å². The number of hydrogen-bond acceptors (Lipinski definition) is 0. The van der Waals surface area contributed by atoms with Crippen molar-refractivity contribution in [2.75, 3.05) is 0 Å². The Bertz CT molecular complexity index is 358. The lowest BCUT2D eigenvalue weighted by molar-refractivity contribution is 1.39. The van der Waals surface area contributed by atoms with Crippen molar-refractivity contribution in [1.29, 1.82) is 0 Å². The Balaban J connectivity index is 2.95. The molecule has 0 heteroatoms. The number of benzene rings is 1. The third-order valence-corrected chi connectivity index (χ3v) is 1.99. The van der Waals surface area contributed by atoms with Crippen LogP contribution in [0.4, 0.5) is 0 Å². The van der Waals surface area contributed by atoms with Crippen molar-refractivity contribution in [2.24, 2.45) is 0 Å². The maximum absolute atomic E-state index is 2.27. The normalized spacial score (nSPS) is 13.7. The highest BCUT2D eigenvalue weighted by molar-refractivity contribution is 5.44. The predicted octanol–water partition coefficient (Wildman–Crippen LogP) is 0.960. The lowest BCUT2D eigenvalue weighted by atomic mass is 10.2. The van der Waals surface area contributed by atoms with Crippen LogP contribution in [0.15, 0.2) is 18.2 Å². The zero-order valence-electron chi connectivity index (χ0n) is 6.09. The smallest absolute Gasteiger partial charge is 0.0151 e. The zero-order chi connectivity index (χ0) is 6.97. The highest BCUT2D eigenvalue weighted by atomic mass is 14.0. The zero-order valence-corrected chi connectivity index (χ0v) is 6.09. The number of rotatable bonds is 0. The molecule has 3 rings (SSSR count). The van der Waals surface area contributed by atoms with E-state index in [0.29, 0.717) is 0 Å². The van der Waals surface area contributed by atoms with Crippen LogP contribution in [0.5, 0.6) is 0 Å². The molecule has 2 aliphatic rings. The quantitative estimate of drug-likeness (QED) is 0.490. The van der Waals surface area contributed by atoms with Gasteiger partial charge in [-0.05, 0) is 29.3 Å². The van der Waals surface area contributed by atoms with Crippen LogP contribution in [0.2, 0.25) is 0 Å². The Kier molecular flexibility index (Phi) is 1.13. The van der Waals surface area contributed by atoms with Gasteiger partial charge in [-0.3, -0.25) is 0 Å². The van der Waals surface area contributed by atoms with Crippen molar-refractivity contribution in [2.45, 2.75) is 13.3 Å². The fourth-order valence-corrected chi connectivity index (χ4v) is 1.38. The molecule has 0 atom stereocenters. The lowest BCUT2D eigenvalue weighted by Gasteiger charge is -1.89. The van der Waals surface area contributed by atoms with E-state index in [1.54, 1.807) is 0 Å². The molecule has 0 N–H and O–H groups in total. The summed E-state index contributed by atoms with van der Waals surface area (Å²) in [5.74, 6) is 0. The van der Waals surface area contributed by atoms with Crippen LogP contribution in [0.25, 0.3) is 12.2 Å². The molecule has 0 aliphatic heterocycles. The molecule has 1 aromatic rings. The Morgan fingerprint density at radius 2 is 2.10 bits per heavy atom. The van der Waals surface area contributed by atoms with Gasteiger partial charge in [0.05, 0.1) is 0 Å². The summed E-state index contributed by atoms with van der Waals surface area (Å²) in [5, 5.41) is 2.74. The minimum Gasteiger partial charge on any atom is -0.0734 e. The van der Waals surface area contributed by atoms with Crippen LogP contribution in [-0.4, -0.2) is 0 Å². The third kappa shape index (κ3) is 0.766. The third-order valence-electron chi connectivity index (χ3n) is 1.99. The minimum absolute atomic E-state index is 1.09. The monoisotopic (exact) mass is 130 g/mol. The van der Waals surface area contributed by atoms with Gasteiger partial charge in [-0.2, -0.15) is 0 Å². The largest absolute Gasteiger partial charge is 0.0734 e. The van der Waals surface area contributed by atoms with Gasteiger partial charge in [0.2, 0.25) is 0 Å². The predicted molar refractivity (Wildman–Crippen MR) is 44.0 cm³/mol. The molecule has 0 fully saturated rings. The van der Waals surface area contributed by atoms with Gasteiger partial charge in [0.15, 0.2) is 0 Å². The summed E-state index contributed by atoms with van der Waals surface area (Å²) in [6.45, 7) is 2.16. The van der Waals surface area contributed by atoms with Crippen LogP contribution < -0.4 is 10.4 Å². The summed E-state index contributed by atoms with van der Waals surface area (Å²) < 4.78 is 0. The van der Waals surface area contributed by atoms with E-state index in [1.165, 1.54) is 16.0 Å². The Morgan fingerprint density at radius 1 is 1.20 bits per heavy atom. The topological polar surface area (TPSA) is 0 Å². The Labute approximate surface area is 60.5 Å². The highest BCUT2D eigenvalue weighted by Gasteiger charge is 1.90. The fourth-order valence-electron chi connectivity index (χ4n) is 1.38. The van der Waals surface area contributed by atoms with Crippen molar-refractivity contribution in [1.82, 2.24) is 0 Å². The van der Waals surface area contributed by atoms with Crippen molar-refractivity contribution in [3.8, 4) is 0 Å². The standard InChI is InChI=1S/C10H10/c1-8-7-9-3-2-4-10(8)6-5-9/h3-7H,2H2,1H3. The molecule has 0 spiro atoms. The second kappa shape index (κ2) is 1.98. The number of fused-ring (bicyclic) bond motifs is 4. The van der Waals surface area contributed by atoms with Crippen LogP contribution in [0.1, 0.15) is 12.0 Å². The summed E-state index contributed by atoms with van der Waals surface area (Å²) >= 11 is 0. The van der Waals surface area contributed by atoms with E-state index >= 15 is 0 Å². The van der Waals surface area contributed by atoms with Gasteiger partial charge in [0.1, 0.15) is 0 Å². The van der Waals surface area contributed by atoms with Gasteiger partial charge >= 0.3 is 0 Å². The molecular formula is C10H10. The van der Waals surface area contributed by atoms with Crippen LogP contribution in [0.3, 0.4) is 0 Å². The first-order valence-electron chi connectivity index (χ1n) is 3.63. The van der Waals surface area contributed by atoms with E-state index in [0.717, 1.165) is 6.42 Å². The molecule has 2 aliphatic carbocycles. The van der Waals surface area contributed by atoms with Crippen molar-refractivity contribution < 1.29 is 0 Å². The van der Waals surface area contributed by atoms with Crippen molar-refractivity contribution in [3.05, 3.63) is 34.2 Å². The van der Waals surface area contributed by atoms with E-state index in [4.69, 9.17) is 0 Å². The maximum Gasteiger partial charge on any atom is -0.0151 e. The first kappa shape index (κ1) is 5.72. The summed E-state index contributed by atoms with van der Waals surface area (Å²) in [6, 6.07) is 6.60. The van der Waals surface area contributed by atoms with Crippen molar-refractivity contribution >= 4 is 12.2 Å². The second-order valence-electron chi connectivity index (χ2n) is 2.76. The van der Waals surface area contributed by atoms with Gasteiger partial charge in [-0.25, -0.2) is 0 Å². The number of hydrogen-bond donors (Lipinski definition) is 0. The van der Waals surface area contributed by atoms with E-state index < -0.39 is 0 Å². The SMILES string of the molecule is Cc1cc2ccc1=CCC=2. The first-order chi connectivity index (χ1) is 4.86. The van der Waals surface area contributed by atoms with Gasteiger partial charge in [0, 0.05) is 0 Å². The van der Waals surface area contributed by atoms with Gasteiger partial charge in [0.25, 0.3) is 0 Å². The molecule has 0 aromatic heterocycles. The van der Waals surface area contributed by atoms with Gasteiger partial charge < -0.3 is 0 Å². The molecule has 2 bridgehead atoms. The van der Waals surface area contributed by atoms with E-state index in [9.17, 15) is 0 Å². The maximum atomic E-state index is 2.27. The highest BCUT2D eigenvalue weighted by Crippen LogP contribution is 1.92. The molecule has 0 saturated heterocycles. The average molecular weight is 130 g/mol. The Hall–Kier alpha value is -1.04. The minimum atomic E-state index is 1.09. The lowest BCUT2D eigenvalue weighted by Crippen LogP contribution is -2.08. The molecule has 0 unspecified atom stereocenters. The molecule has 50 valence electrons. The molecule has 0 saturated carbocycles.